The normalized spacial score (nSPS) is 41.6. The highest BCUT2D eigenvalue weighted by molar-refractivity contribution is 5.91. The standard InChI is InChI=1S/C29H36O9/c1-15-18-11-20(32)27(5)21(33)12-22-28(14-36-22,38-16(2)30)23(27)24(29(35,13-19(15)31)26(18,3)4)37-25(34)17-9-7-6-8-10-17/h6-10,19,21-24,31,33,35H,11-14H2,1-5H3/t19-,21-,22+,23-,24-,27+,28-,29+/m0/s1. The first-order valence-corrected chi connectivity index (χ1v) is 13.1. The van der Waals surface area contributed by atoms with Gasteiger partial charge in [-0.05, 0) is 31.6 Å². The summed E-state index contributed by atoms with van der Waals surface area (Å²) in [6.45, 7) is 8.02. The van der Waals surface area contributed by atoms with E-state index in [0.717, 1.165) is 0 Å². The first-order valence-electron chi connectivity index (χ1n) is 13.1. The lowest BCUT2D eigenvalue weighted by Crippen LogP contribution is -2.80. The number of hydrogen-bond donors (Lipinski definition) is 3. The second-order valence-electron chi connectivity index (χ2n) is 12.1. The highest BCUT2D eigenvalue weighted by Gasteiger charge is 2.76. The van der Waals surface area contributed by atoms with Gasteiger partial charge in [0.15, 0.2) is 5.60 Å². The van der Waals surface area contributed by atoms with E-state index in [-0.39, 0.29) is 37.2 Å². The molecule has 0 aromatic heterocycles. The zero-order valence-corrected chi connectivity index (χ0v) is 22.4. The number of aliphatic hydroxyl groups excluding tert-OH is 2. The number of esters is 2. The Morgan fingerprint density at radius 2 is 1.76 bits per heavy atom. The van der Waals surface area contributed by atoms with Gasteiger partial charge in [-0.25, -0.2) is 4.79 Å². The molecule has 1 aromatic rings. The predicted molar refractivity (Wildman–Crippen MR) is 134 cm³/mol. The summed E-state index contributed by atoms with van der Waals surface area (Å²) in [5.74, 6) is -2.86. The number of carbonyl (C=O) groups is 3. The lowest BCUT2D eigenvalue weighted by molar-refractivity contribution is -0.344. The molecule has 3 N–H and O–H groups in total. The summed E-state index contributed by atoms with van der Waals surface area (Å²) < 4.78 is 17.8. The number of benzene rings is 1. The van der Waals surface area contributed by atoms with Crippen molar-refractivity contribution >= 4 is 17.7 Å². The fourth-order valence-electron chi connectivity index (χ4n) is 7.48. The summed E-state index contributed by atoms with van der Waals surface area (Å²) in [6, 6.07) is 8.25. The molecule has 5 rings (SSSR count). The molecule has 206 valence electrons. The van der Waals surface area contributed by atoms with Crippen molar-refractivity contribution in [2.75, 3.05) is 6.61 Å². The number of ketones is 1. The van der Waals surface area contributed by atoms with Gasteiger partial charge in [-0.3, -0.25) is 9.59 Å². The SMILES string of the molecule is CC(=O)O[C@@]12CO[C@@H]1C[C@H](O)[C@@]1(C)C(=O)CC3=C(C)[C@@H](O)C[C@@](O)([C@@H](OC(=O)c4ccccc4)[C@H]21)C3(C)C. The number of aliphatic hydroxyl groups is 3. The Hall–Kier alpha value is -2.59. The Kier molecular flexibility index (Phi) is 6.19. The van der Waals surface area contributed by atoms with Crippen LogP contribution in [0.2, 0.25) is 0 Å². The summed E-state index contributed by atoms with van der Waals surface area (Å²) in [5.41, 5.74) is -4.64. The molecule has 1 aromatic carbocycles. The number of rotatable bonds is 3. The molecule has 1 saturated heterocycles. The minimum absolute atomic E-state index is 0.0356. The monoisotopic (exact) mass is 528 g/mol. The highest BCUT2D eigenvalue weighted by Crippen LogP contribution is 2.63. The molecule has 0 unspecified atom stereocenters. The summed E-state index contributed by atoms with van der Waals surface area (Å²) in [6.07, 6.45) is -4.79. The summed E-state index contributed by atoms with van der Waals surface area (Å²) in [5, 5.41) is 35.2. The van der Waals surface area contributed by atoms with Gasteiger partial charge >= 0.3 is 11.9 Å². The fourth-order valence-corrected chi connectivity index (χ4v) is 7.48. The van der Waals surface area contributed by atoms with E-state index in [1.54, 1.807) is 58.0 Å². The van der Waals surface area contributed by atoms with Crippen molar-refractivity contribution in [2.24, 2.45) is 16.7 Å². The first-order chi connectivity index (χ1) is 17.7. The Morgan fingerprint density at radius 3 is 2.34 bits per heavy atom. The van der Waals surface area contributed by atoms with Crippen molar-refractivity contribution in [2.45, 2.75) is 89.5 Å². The van der Waals surface area contributed by atoms with Crippen LogP contribution in [0.25, 0.3) is 0 Å². The quantitative estimate of drug-likeness (QED) is 0.398. The van der Waals surface area contributed by atoms with E-state index in [9.17, 15) is 29.7 Å². The van der Waals surface area contributed by atoms with Gasteiger partial charge in [0.25, 0.3) is 0 Å². The number of ether oxygens (including phenoxy) is 3. The summed E-state index contributed by atoms with van der Waals surface area (Å²) >= 11 is 0. The maximum Gasteiger partial charge on any atom is 0.338 e. The third-order valence-corrected chi connectivity index (χ3v) is 9.96. The average Bonchev–Trinajstić information content (AvgIpc) is 2.85. The lowest BCUT2D eigenvalue weighted by Gasteiger charge is -2.67. The molecule has 2 bridgehead atoms. The Bertz CT molecular complexity index is 1210. The third kappa shape index (κ3) is 3.48. The van der Waals surface area contributed by atoms with Crippen molar-refractivity contribution in [3.05, 3.63) is 47.0 Å². The van der Waals surface area contributed by atoms with Gasteiger partial charge in [0.1, 0.15) is 23.6 Å². The number of Topliss-reactive ketones (excluding diaryl/α,β-unsaturated/α-hetero) is 1. The second-order valence-corrected chi connectivity index (χ2v) is 12.1. The fraction of sp³-hybridized carbons (Fsp3) is 0.621. The van der Waals surface area contributed by atoms with Crippen LogP contribution in [0.15, 0.2) is 41.5 Å². The minimum atomic E-state index is -1.89. The van der Waals surface area contributed by atoms with E-state index < -0.39 is 64.3 Å². The number of hydrogen-bond acceptors (Lipinski definition) is 9. The number of fused-ring (bicyclic) bond motifs is 5. The van der Waals surface area contributed by atoms with Gasteiger partial charge in [-0.15, -0.1) is 0 Å². The molecule has 0 amide bonds. The van der Waals surface area contributed by atoms with Gasteiger partial charge < -0.3 is 29.5 Å². The van der Waals surface area contributed by atoms with Gasteiger partial charge in [0.2, 0.25) is 0 Å². The van der Waals surface area contributed by atoms with Gasteiger partial charge in [-0.2, -0.15) is 0 Å². The molecule has 0 spiro atoms. The highest BCUT2D eigenvalue weighted by atomic mass is 16.6. The molecule has 8 atom stereocenters. The molecule has 0 radical (unpaired) electrons. The van der Waals surface area contributed by atoms with E-state index in [0.29, 0.717) is 11.1 Å². The largest absolute Gasteiger partial charge is 0.455 e. The molecule has 1 heterocycles. The van der Waals surface area contributed by atoms with E-state index in [2.05, 4.69) is 0 Å². The first kappa shape index (κ1) is 27.0. The predicted octanol–water partition coefficient (Wildman–Crippen LogP) is 2.11. The molecule has 3 aliphatic carbocycles. The molecular weight excluding hydrogens is 492 g/mol. The third-order valence-electron chi connectivity index (χ3n) is 9.96. The second kappa shape index (κ2) is 8.71. The number of carbonyl (C=O) groups excluding carboxylic acids is 3. The smallest absolute Gasteiger partial charge is 0.338 e. The Balaban J connectivity index is 1.78. The van der Waals surface area contributed by atoms with Gasteiger partial charge in [0.05, 0.1) is 35.7 Å². The molecule has 38 heavy (non-hydrogen) atoms. The van der Waals surface area contributed by atoms with Gasteiger partial charge in [0, 0.05) is 31.6 Å². The van der Waals surface area contributed by atoms with E-state index in [1.165, 1.54) is 6.92 Å². The Morgan fingerprint density at radius 1 is 1.11 bits per heavy atom. The molecule has 3 fully saturated rings. The molecule has 9 nitrogen and oxygen atoms in total. The minimum Gasteiger partial charge on any atom is -0.455 e. The van der Waals surface area contributed by atoms with Crippen LogP contribution in [0.3, 0.4) is 0 Å². The Labute approximate surface area is 221 Å². The van der Waals surface area contributed by atoms with E-state index >= 15 is 0 Å². The van der Waals surface area contributed by atoms with Crippen molar-refractivity contribution < 1.29 is 43.9 Å². The van der Waals surface area contributed by atoms with Crippen LogP contribution >= 0.6 is 0 Å². The van der Waals surface area contributed by atoms with Crippen LogP contribution in [0.1, 0.15) is 64.2 Å². The van der Waals surface area contributed by atoms with Crippen molar-refractivity contribution in [3.63, 3.8) is 0 Å². The van der Waals surface area contributed by atoms with Crippen LogP contribution in [-0.4, -0.2) is 75.3 Å². The van der Waals surface area contributed by atoms with Gasteiger partial charge in [-0.1, -0.05) is 37.6 Å². The van der Waals surface area contributed by atoms with Crippen molar-refractivity contribution in [1.82, 2.24) is 0 Å². The average molecular weight is 529 g/mol. The van der Waals surface area contributed by atoms with Crippen LogP contribution < -0.4 is 0 Å². The molecular formula is C29H36O9. The topological polar surface area (TPSA) is 140 Å². The maximum atomic E-state index is 14.2. The van der Waals surface area contributed by atoms with Crippen LogP contribution in [-0.2, 0) is 23.8 Å². The molecule has 4 aliphatic rings. The van der Waals surface area contributed by atoms with Crippen LogP contribution in [0, 0.1) is 16.7 Å². The zero-order chi connectivity index (χ0) is 27.8. The molecule has 1 aliphatic heterocycles. The summed E-state index contributed by atoms with van der Waals surface area (Å²) in [4.78, 5) is 40.2. The summed E-state index contributed by atoms with van der Waals surface area (Å²) in [7, 11) is 0. The molecule has 9 heteroatoms. The van der Waals surface area contributed by atoms with Crippen LogP contribution in [0.4, 0.5) is 0 Å². The van der Waals surface area contributed by atoms with E-state index in [4.69, 9.17) is 14.2 Å². The molecule has 2 saturated carbocycles. The lowest BCUT2D eigenvalue weighted by atomic mass is 9.45. The van der Waals surface area contributed by atoms with Crippen molar-refractivity contribution in [1.29, 1.82) is 0 Å². The zero-order valence-electron chi connectivity index (χ0n) is 22.4. The van der Waals surface area contributed by atoms with E-state index in [1.807, 2.05) is 0 Å². The van der Waals surface area contributed by atoms with Crippen molar-refractivity contribution in [3.8, 4) is 0 Å². The maximum absolute atomic E-state index is 14.2. The van der Waals surface area contributed by atoms with Crippen LogP contribution in [0.5, 0.6) is 0 Å².